The number of nitrogens with zero attached hydrogens (tertiary/aromatic N) is 2. The Morgan fingerprint density at radius 2 is 2.00 bits per heavy atom. The van der Waals surface area contributed by atoms with E-state index in [1.54, 1.807) is 0 Å². The fourth-order valence-electron chi connectivity index (χ4n) is 1.51. The predicted octanol–water partition coefficient (Wildman–Crippen LogP) is 1.65. The molecule has 0 aliphatic carbocycles. The zero-order valence-electron chi connectivity index (χ0n) is 8.09. The van der Waals surface area contributed by atoms with Crippen molar-refractivity contribution in [2.24, 2.45) is 0 Å². The Labute approximate surface area is 83.4 Å². The highest BCUT2D eigenvalue weighted by molar-refractivity contribution is 5.10. The lowest BCUT2D eigenvalue weighted by atomic mass is 10.3. The van der Waals surface area contributed by atoms with Crippen LogP contribution in [0, 0.1) is 0 Å². The van der Waals surface area contributed by atoms with Crippen LogP contribution in [0.1, 0.15) is 11.9 Å². The van der Waals surface area contributed by atoms with Crippen molar-refractivity contribution < 1.29 is 0 Å². The molecule has 0 aromatic carbocycles. The summed E-state index contributed by atoms with van der Waals surface area (Å²) < 4.78 is 2.09. The number of rotatable bonds is 3. The van der Waals surface area contributed by atoms with E-state index >= 15 is 0 Å². The highest BCUT2D eigenvalue weighted by Crippen LogP contribution is 2.11. The maximum Gasteiger partial charge on any atom is 0.126 e. The van der Waals surface area contributed by atoms with E-state index in [1.807, 2.05) is 56.0 Å². The standard InChI is InChI=1S/C11H13N3/c1-12-11(14-8-4-5-9-14)10-6-2-3-7-13-10/h2-9,11-12H,1H3. The van der Waals surface area contributed by atoms with Gasteiger partial charge in [0.2, 0.25) is 0 Å². The smallest absolute Gasteiger partial charge is 0.126 e. The summed E-state index contributed by atoms with van der Waals surface area (Å²) in [5, 5.41) is 3.22. The van der Waals surface area contributed by atoms with Crippen molar-refractivity contribution in [2.45, 2.75) is 6.17 Å². The first-order valence-electron chi connectivity index (χ1n) is 4.62. The molecular formula is C11H13N3. The Hall–Kier alpha value is -1.61. The molecule has 1 N–H and O–H groups in total. The maximum absolute atomic E-state index is 4.32. The van der Waals surface area contributed by atoms with E-state index in [4.69, 9.17) is 0 Å². The Kier molecular flexibility index (Phi) is 2.60. The first-order valence-corrected chi connectivity index (χ1v) is 4.62. The second-order valence-electron chi connectivity index (χ2n) is 3.08. The van der Waals surface area contributed by atoms with E-state index in [0.717, 1.165) is 5.69 Å². The highest BCUT2D eigenvalue weighted by Gasteiger charge is 2.09. The Morgan fingerprint density at radius 1 is 1.21 bits per heavy atom. The van der Waals surface area contributed by atoms with Crippen LogP contribution in [0.25, 0.3) is 0 Å². The van der Waals surface area contributed by atoms with Crippen LogP contribution in [0.3, 0.4) is 0 Å². The summed E-state index contributed by atoms with van der Waals surface area (Å²) in [4.78, 5) is 4.32. The lowest BCUT2D eigenvalue weighted by Gasteiger charge is -2.17. The molecule has 72 valence electrons. The van der Waals surface area contributed by atoms with Crippen LogP contribution in [-0.4, -0.2) is 16.6 Å². The third kappa shape index (κ3) is 1.67. The minimum absolute atomic E-state index is 0.117. The summed E-state index contributed by atoms with van der Waals surface area (Å²) in [6.45, 7) is 0. The van der Waals surface area contributed by atoms with E-state index in [2.05, 4.69) is 14.9 Å². The van der Waals surface area contributed by atoms with Gasteiger partial charge in [0.25, 0.3) is 0 Å². The molecule has 0 fully saturated rings. The second-order valence-corrected chi connectivity index (χ2v) is 3.08. The van der Waals surface area contributed by atoms with E-state index in [-0.39, 0.29) is 6.17 Å². The number of pyridine rings is 1. The van der Waals surface area contributed by atoms with Crippen LogP contribution < -0.4 is 5.32 Å². The molecule has 0 spiro atoms. The number of aromatic nitrogens is 2. The van der Waals surface area contributed by atoms with Crippen molar-refractivity contribution in [1.82, 2.24) is 14.9 Å². The van der Waals surface area contributed by atoms with Gasteiger partial charge in [-0.05, 0) is 31.3 Å². The van der Waals surface area contributed by atoms with Crippen LogP contribution in [0.4, 0.5) is 0 Å². The number of hydrogen-bond donors (Lipinski definition) is 1. The first kappa shape index (κ1) is 8.97. The molecule has 0 saturated heterocycles. The largest absolute Gasteiger partial charge is 0.333 e. The normalized spacial score (nSPS) is 12.6. The molecule has 0 bridgehead atoms. The summed E-state index contributed by atoms with van der Waals surface area (Å²) >= 11 is 0. The molecule has 0 aliphatic rings. The molecule has 2 rings (SSSR count). The molecule has 3 heteroatoms. The third-order valence-corrected chi connectivity index (χ3v) is 2.17. The minimum atomic E-state index is 0.117. The van der Waals surface area contributed by atoms with Gasteiger partial charge in [-0.25, -0.2) is 0 Å². The summed E-state index contributed by atoms with van der Waals surface area (Å²) in [6.07, 6.45) is 5.97. The van der Waals surface area contributed by atoms with Crippen molar-refractivity contribution in [3.8, 4) is 0 Å². The van der Waals surface area contributed by atoms with Gasteiger partial charge in [0.15, 0.2) is 0 Å². The number of nitrogens with one attached hydrogen (secondary N) is 1. The quantitative estimate of drug-likeness (QED) is 0.791. The average Bonchev–Trinajstić information content (AvgIpc) is 2.74. The van der Waals surface area contributed by atoms with E-state index in [0.29, 0.717) is 0 Å². The van der Waals surface area contributed by atoms with E-state index in [1.165, 1.54) is 0 Å². The van der Waals surface area contributed by atoms with Crippen LogP contribution in [0.2, 0.25) is 0 Å². The van der Waals surface area contributed by atoms with Crippen LogP contribution >= 0.6 is 0 Å². The van der Waals surface area contributed by atoms with Crippen LogP contribution in [0.15, 0.2) is 48.9 Å². The monoisotopic (exact) mass is 187 g/mol. The van der Waals surface area contributed by atoms with Gasteiger partial charge in [-0.3, -0.25) is 10.3 Å². The van der Waals surface area contributed by atoms with E-state index in [9.17, 15) is 0 Å². The van der Waals surface area contributed by atoms with Crippen molar-refractivity contribution in [2.75, 3.05) is 7.05 Å². The second kappa shape index (κ2) is 4.07. The maximum atomic E-state index is 4.32. The van der Waals surface area contributed by atoms with Crippen molar-refractivity contribution in [3.63, 3.8) is 0 Å². The molecule has 1 atom stereocenters. The van der Waals surface area contributed by atoms with Gasteiger partial charge >= 0.3 is 0 Å². The molecule has 3 nitrogen and oxygen atoms in total. The molecule has 2 aromatic heterocycles. The summed E-state index contributed by atoms with van der Waals surface area (Å²) in [5.41, 5.74) is 1.02. The summed E-state index contributed by atoms with van der Waals surface area (Å²) in [7, 11) is 1.93. The predicted molar refractivity (Wildman–Crippen MR) is 55.9 cm³/mol. The first-order chi connectivity index (χ1) is 6.92. The van der Waals surface area contributed by atoms with Crippen LogP contribution in [-0.2, 0) is 0 Å². The lowest BCUT2D eigenvalue weighted by molar-refractivity contribution is 0.501. The zero-order chi connectivity index (χ0) is 9.80. The molecule has 2 aromatic rings. The molecule has 14 heavy (non-hydrogen) atoms. The Balaban J connectivity index is 2.31. The summed E-state index contributed by atoms with van der Waals surface area (Å²) in [6, 6.07) is 9.95. The van der Waals surface area contributed by atoms with Crippen molar-refractivity contribution in [3.05, 3.63) is 54.6 Å². The topological polar surface area (TPSA) is 29.9 Å². The fraction of sp³-hybridized carbons (Fsp3) is 0.182. The number of hydrogen-bond acceptors (Lipinski definition) is 2. The molecule has 1 unspecified atom stereocenters. The average molecular weight is 187 g/mol. The van der Waals surface area contributed by atoms with Crippen molar-refractivity contribution >= 4 is 0 Å². The Bertz CT molecular complexity index is 367. The van der Waals surface area contributed by atoms with Gasteiger partial charge in [-0.15, -0.1) is 0 Å². The molecule has 0 aliphatic heterocycles. The van der Waals surface area contributed by atoms with Crippen LogP contribution in [0.5, 0.6) is 0 Å². The molecular weight excluding hydrogens is 174 g/mol. The summed E-state index contributed by atoms with van der Waals surface area (Å²) in [5.74, 6) is 0. The van der Waals surface area contributed by atoms with Gasteiger partial charge in [-0.1, -0.05) is 6.07 Å². The zero-order valence-corrected chi connectivity index (χ0v) is 8.09. The molecule has 0 radical (unpaired) electrons. The van der Waals surface area contributed by atoms with Gasteiger partial charge < -0.3 is 4.57 Å². The highest BCUT2D eigenvalue weighted by atomic mass is 15.2. The molecule has 0 saturated carbocycles. The SMILES string of the molecule is CNC(c1ccccn1)n1cccc1. The van der Waals surface area contributed by atoms with Crippen molar-refractivity contribution in [1.29, 1.82) is 0 Å². The van der Waals surface area contributed by atoms with Gasteiger partial charge in [0, 0.05) is 18.6 Å². The van der Waals surface area contributed by atoms with Gasteiger partial charge in [0.05, 0.1) is 5.69 Å². The third-order valence-electron chi connectivity index (χ3n) is 2.17. The molecule has 2 heterocycles. The van der Waals surface area contributed by atoms with Gasteiger partial charge in [0.1, 0.15) is 6.17 Å². The molecule has 0 amide bonds. The van der Waals surface area contributed by atoms with E-state index < -0.39 is 0 Å². The minimum Gasteiger partial charge on any atom is -0.333 e. The fourth-order valence-corrected chi connectivity index (χ4v) is 1.51. The lowest BCUT2D eigenvalue weighted by Crippen LogP contribution is -2.23. The van der Waals surface area contributed by atoms with Gasteiger partial charge in [-0.2, -0.15) is 0 Å². The Morgan fingerprint density at radius 3 is 2.57 bits per heavy atom.